The molecule has 1 aliphatic carbocycles. The number of hydrogen-bond acceptors (Lipinski definition) is 2. The van der Waals surface area contributed by atoms with Crippen molar-refractivity contribution in [3.8, 4) is 0 Å². The molecule has 1 aromatic rings. The fourth-order valence-electron chi connectivity index (χ4n) is 3.67. The third-order valence-electron chi connectivity index (χ3n) is 4.69. The molecule has 0 N–H and O–H groups in total. The van der Waals surface area contributed by atoms with Crippen molar-refractivity contribution in [2.24, 2.45) is 11.8 Å². The van der Waals surface area contributed by atoms with E-state index in [2.05, 4.69) is 31.2 Å². The molecule has 1 heterocycles. The monoisotopic (exact) mass is 287 g/mol. The first kappa shape index (κ1) is 14.4. The van der Waals surface area contributed by atoms with Gasteiger partial charge in [-0.3, -0.25) is 0 Å². The molecule has 0 radical (unpaired) electrons. The first-order chi connectivity index (χ1) is 9.87. The van der Waals surface area contributed by atoms with Crippen molar-refractivity contribution in [3.63, 3.8) is 0 Å². The van der Waals surface area contributed by atoms with Crippen molar-refractivity contribution in [1.82, 2.24) is 4.90 Å². The summed E-state index contributed by atoms with van der Waals surface area (Å²) in [7, 11) is 0. The lowest BCUT2D eigenvalue weighted by atomic mass is 10.0. The van der Waals surface area contributed by atoms with Crippen LogP contribution in [0.3, 0.4) is 0 Å². The Morgan fingerprint density at radius 1 is 1.24 bits per heavy atom. The topological polar surface area (TPSA) is 29.5 Å². The Hall–Kier alpha value is -1.51. The summed E-state index contributed by atoms with van der Waals surface area (Å²) >= 11 is 0. The number of amides is 1. The number of likely N-dealkylation sites (tertiary alicyclic amines) is 1. The zero-order valence-corrected chi connectivity index (χ0v) is 13.4. The SMILES string of the molecule is CC1[C@H]2C[C@H]2[C@H](Cc2ccccc2)N1C(=O)OC(C)(C)C. The van der Waals surface area contributed by atoms with Gasteiger partial charge in [0.1, 0.15) is 5.60 Å². The van der Waals surface area contributed by atoms with Gasteiger partial charge in [0.05, 0.1) is 0 Å². The molecule has 3 heteroatoms. The Kier molecular flexibility index (Phi) is 3.46. The first-order valence-corrected chi connectivity index (χ1v) is 7.92. The largest absolute Gasteiger partial charge is 0.444 e. The van der Waals surface area contributed by atoms with Crippen molar-refractivity contribution in [3.05, 3.63) is 35.9 Å². The minimum absolute atomic E-state index is 0.150. The average Bonchev–Trinajstić information content (AvgIpc) is 3.12. The van der Waals surface area contributed by atoms with Gasteiger partial charge in [0.25, 0.3) is 0 Å². The summed E-state index contributed by atoms with van der Waals surface area (Å²) in [5, 5.41) is 0. The molecule has 1 unspecified atom stereocenters. The molecule has 2 aliphatic rings. The van der Waals surface area contributed by atoms with Gasteiger partial charge in [0, 0.05) is 12.1 Å². The van der Waals surface area contributed by atoms with Gasteiger partial charge in [0.15, 0.2) is 0 Å². The molecule has 0 bridgehead atoms. The van der Waals surface area contributed by atoms with E-state index in [0.717, 1.165) is 6.42 Å². The molecule has 1 saturated heterocycles. The van der Waals surface area contributed by atoms with Crippen LogP contribution < -0.4 is 0 Å². The Balaban J connectivity index is 1.76. The van der Waals surface area contributed by atoms with Crippen molar-refractivity contribution in [2.75, 3.05) is 0 Å². The number of ether oxygens (including phenoxy) is 1. The van der Waals surface area contributed by atoms with Crippen LogP contribution in [0.4, 0.5) is 4.79 Å². The maximum atomic E-state index is 12.5. The van der Waals surface area contributed by atoms with Gasteiger partial charge in [-0.25, -0.2) is 4.79 Å². The molecular weight excluding hydrogens is 262 g/mol. The molecule has 0 aromatic heterocycles. The maximum Gasteiger partial charge on any atom is 0.410 e. The maximum absolute atomic E-state index is 12.5. The van der Waals surface area contributed by atoms with Crippen molar-refractivity contribution in [2.45, 2.75) is 58.2 Å². The minimum atomic E-state index is -0.430. The summed E-state index contributed by atoms with van der Waals surface area (Å²) < 4.78 is 5.62. The second-order valence-corrected chi connectivity index (χ2v) is 7.45. The number of hydrogen-bond donors (Lipinski definition) is 0. The van der Waals surface area contributed by atoms with Gasteiger partial charge in [-0.15, -0.1) is 0 Å². The van der Waals surface area contributed by atoms with E-state index < -0.39 is 5.60 Å². The number of nitrogens with zero attached hydrogens (tertiary/aromatic N) is 1. The molecule has 1 aromatic carbocycles. The quantitative estimate of drug-likeness (QED) is 0.826. The highest BCUT2D eigenvalue weighted by molar-refractivity contribution is 5.70. The molecule has 0 spiro atoms. The molecule has 2 fully saturated rings. The van der Waals surface area contributed by atoms with Crippen LogP contribution in [0.25, 0.3) is 0 Å². The number of piperidine rings is 1. The number of rotatable bonds is 2. The zero-order valence-electron chi connectivity index (χ0n) is 13.4. The van der Waals surface area contributed by atoms with Crippen LogP contribution in [-0.4, -0.2) is 28.7 Å². The van der Waals surface area contributed by atoms with Crippen LogP contribution in [0, 0.1) is 11.8 Å². The van der Waals surface area contributed by atoms with Crippen LogP contribution in [0.1, 0.15) is 39.7 Å². The first-order valence-electron chi connectivity index (χ1n) is 7.92. The van der Waals surface area contributed by atoms with Crippen LogP contribution in [-0.2, 0) is 11.2 Å². The third-order valence-corrected chi connectivity index (χ3v) is 4.69. The molecule has 3 nitrogen and oxygen atoms in total. The fraction of sp³-hybridized carbons (Fsp3) is 0.611. The van der Waals surface area contributed by atoms with Crippen molar-refractivity contribution >= 4 is 6.09 Å². The summed E-state index contributed by atoms with van der Waals surface area (Å²) in [5.74, 6) is 1.33. The van der Waals surface area contributed by atoms with E-state index in [0.29, 0.717) is 23.9 Å². The predicted octanol–water partition coefficient (Wildman–Crippen LogP) is 3.87. The Morgan fingerprint density at radius 2 is 1.90 bits per heavy atom. The summed E-state index contributed by atoms with van der Waals surface area (Å²) in [4.78, 5) is 14.5. The Morgan fingerprint density at radius 3 is 2.52 bits per heavy atom. The molecule has 114 valence electrons. The summed E-state index contributed by atoms with van der Waals surface area (Å²) in [6, 6.07) is 11.1. The Labute approximate surface area is 127 Å². The van der Waals surface area contributed by atoms with Crippen molar-refractivity contribution in [1.29, 1.82) is 0 Å². The van der Waals surface area contributed by atoms with Crippen molar-refractivity contribution < 1.29 is 9.53 Å². The van der Waals surface area contributed by atoms with E-state index in [4.69, 9.17) is 4.74 Å². The normalized spacial score (nSPS) is 31.0. The summed E-state index contributed by atoms with van der Waals surface area (Å²) in [6.45, 7) is 7.95. The lowest BCUT2D eigenvalue weighted by Gasteiger charge is -2.33. The molecule has 1 amide bonds. The smallest absolute Gasteiger partial charge is 0.410 e. The van der Waals surface area contributed by atoms with Gasteiger partial charge < -0.3 is 9.64 Å². The van der Waals surface area contributed by atoms with Gasteiger partial charge in [0.2, 0.25) is 0 Å². The number of benzene rings is 1. The zero-order chi connectivity index (χ0) is 15.2. The van der Waals surface area contributed by atoms with Crippen LogP contribution in [0.15, 0.2) is 30.3 Å². The standard InChI is InChI=1S/C18H25NO2/c1-12-14-11-15(14)16(10-13-8-6-5-7-9-13)19(12)17(20)21-18(2,3)4/h5-9,12,14-16H,10-11H2,1-4H3/t12?,14-,15-,16+/m1/s1. The number of fused-ring (bicyclic) bond motifs is 1. The summed E-state index contributed by atoms with van der Waals surface area (Å²) in [6.07, 6.45) is 2.05. The highest BCUT2D eigenvalue weighted by Gasteiger charge is 2.58. The van der Waals surface area contributed by atoms with Crippen LogP contribution in [0.2, 0.25) is 0 Å². The molecule has 4 atom stereocenters. The van der Waals surface area contributed by atoms with Gasteiger partial charge in [-0.1, -0.05) is 30.3 Å². The second kappa shape index (κ2) is 5.04. The molecule has 1 saturated carbocycles. The summed E-state index contributed by atoms with van der Waals surface area (Å²) in [5.41, 5.74) is 0.872. The number of carbonyl (C=O) groups is 1. The van der Waals surface area contributed by atoms with Crippen LogP contribution in [0.5, 0.6) is 0 Å². The van der Waals surface area contributed by atoms with E-state index in [1.165, 1.54) is 12.0 Å². The average molecular weight is 287 g/mol. The van der Waals surface area contributed by atoms with E-state index >= 15 is 0 Å². The van der Waals surface area contributed by atoms with E-state index in [-0.39, 0.29) is 6.09 Å². The number of carbonyl (C=O) groups excluding carboxylic acids is 1. The van der Waals surface area contributed by atoms with E-state index in [9.17, 15) is 4.79 Å². The highest BCUT2D eigenvalue weighted by atomic mass is 16.6. The van der Waals surface area contributed by atoms with E-state index in [1.807, 2.05) is 31.7 Å². The lowest BCUT2D eigenvalue weighted by Crippen LogP contribution is -2.46. The molecule has 1 aliphatic heterocycles. The lowest BCUT2D eigenvalue weighted by molar-refractivity contribution is 0.0114. The molecule has 3 rings (SSSR count). The Bertz CT molecular complexity index is 520. The van der Waals surface area contributed by atoms with Gasteiger partial charge >= 0.3 is 6.09 Å². The second-order valence-electron chi connectivity index (χ2n) is 7.45. The highest BCUT2D eigenvalue weighted by Crippen LogP contribution is 2.54. The third kappa shape index (κ3) is 2.92. The molecular formula is C18H25NO2. The predicted molar refractivity (Wildman–Crippen MR) is 83.1 cm³/mol. The van der Waals surface area contributed by atoms with Crippen LogP contribution >= 0.6 is 0 Å². The van der Waals surface area contributed by atoms with E-state index in [1.54, 1.807) is 0 Å². The van der Waals surface area contributed by atoms with Gasteiger partial charge in [-0.2, -0.15) is 0 Å². The minimum Gasteiger partial charge on any atom is -0.444 e. The fourth-order valence-corrected chi connectivity index (χ4v) is 3.67. The molecule has 21 heavy (non-hydrogen) atoms. The van der Waals surface area contributed by atoms with Gasteiger partial charge in [-0.05, 0) is 57.9 Å².